The van der Waals surface area contributed by atoms with Crippen LogP contribution >= 0.6 is 11.6 Å². The molecule has 0 saturated heterocycles. The normalized spacial score (nSPS) is 11.0. The largest absolute Gasteiger partial charge is 0.496 e. The molecular formula is C18H23ClN2O2. The van der Waals surface area contributed by atoms with Crippen molar-refractivity contribution >= 4 is 28.3 Å². The molecule has 0 unspecified atom stereocenters. The molecule has 0 spiro atoms. The molecule has 0 aliphatic rings. The summed E-state index contributed by atoms with van der Waals surface area (Å²) in [7, 11) is 1.60. The van der Waals surface area contributed by atoms with Crippen LogP contribution in [0, 0.1) is 0 Å². The number of carbonyl (C=O) groups is 1. The summed E-state index contributed by atoms with van der Waals surface area (Å²) in [4.78, 5) is 14.8. The fraction of sp³-hybridized carbons (Fsp3) is 0.389. The molecule has 0 saturated carbocycles. The van der Waals surface area contributed by atoms with Crippen molar-refractivity contribution in [1.29, 1.82) is 0 Å². The van der Waals surface area contributed by atoms with E-state index in [-0.39, 0.29) is 5.91 Å². The van der Waals surface area contributed by atoms with E-state index >= 15 is 0 Å². The number of benzene rings is 2. The van der Waals surface area contributed by atoms with E-state index in [2.05, 4.69) is 24.1 Å². The first-order chi connectivity index (χ1) is 11.1. The van der Waals surface area contributed by atoms with Crippen molar-refractivity contribution in [2.45, 2.75) is 13.8 Å². The molecule has 4 nitrogen and oxygen atoms in total. The van der Waals surface area contributed by atoms with Gasteiger partial charge in [0.25, 0.3) is 5.91 Å². The molecule has 124 valence electrons. The minimum absolute atomic E-state index is 0.152. The zero-order valence-corrected chi connectivity index (χ0v) is 14.6. The number of nitrogens with zero attached hydrogens (tertiary/aromatic N) is 1. The number of halogens is 1. The van der Waals surface area contributed by atoms with E-state index in [0.717, 1.165) is 30.4 Å². The Morgan fingerprint density at radius 3 is 2.48 bits per heavy atom. The van der Waals surface area contributed by atoms with Crippen LogP contribution in [0.5, 0.6) is 5.75 Å². The van der Waals surface area contributed by atoms with Gasteiger partial charge < -0.3 is 15.0 Å². The summed E-state index contributed by atoms with van der Waals surface area (Å²) in [6, 6.07) is 9.33. The third-order valence-corrected chi connectivity index (χ3v) is 4.31. The maximum absolute atomic E-state index is 12.6. The van der Waals surface area contributed by atoms with Gasteiger partial charge >= 0.3 is 0 Å². The van der Waals surface area contributed by atoms with Gasteiger partial charge in [-0.1, -0.05) is 49.7 Å². The zero-order valence-electron chi connectivity index (χ0n) is 13.9. The predicted octanol–water partition coefficient (Wildman–Crippen LogP) is 3.57. The van der Waals surface area contributed by atoms with Crippen LogP contribution in [0.2, 0.25) is 5.02 Å². The van der Waals surface area contributed by atoms with Gasteiger partial charge in [0, 0.05) is 24.5 Å². The van der Waals surface area contributed by atoms with Crippen molar-refractivity contribution < 1.29 is 9.53 Å². The molecule has 23 heavy (non-hydrogen) atoms. The summed E-state index contributed by atoms with van der Waals surface area (Å²) in [6.45, 7) is 7.58. The van der Waals surface area contributed by atoms with Crippen LogP contribution < -0.4 is 10.1 Å². The van der Waals surface area contributed by atoms with Crippen LogP contribution in [0.25, 0.3) is 10.8 Å². The SMILES string of the molecule is CCN(CC)CCNC(=O)c1c(Cl)cc(OC)c2ccccc12. The van der Waals surface area contributed by atoms with E-state index in [1.807, 2.05) is 24.3 Å². The topological polar surface area (TPSA) is 41.6 Å². The number of carbonyl (C=O) groups excluding carboxylic acids is 1. The van der Waals surface area contributed by atoms with Crippen molar-refractivity contribution in [2.24, 2.45) is 0 Å². The maximum atomic E-state index is 12.6. The third kappa shape index (κ3) is 3.95. The minimum atomic E-state index is -0.152. The average molecular weight is 335 g/mol. The molecule has 0 fully saturated rings. The number of methoxy groups -OCH3 is 1. The van der Waals surface area contributed by atoms with Gasteiger partial charge in [0.15, 0.2) is 0 Å². The Morgan fingerprint density at radius 2 is 1.87 bits per heavy atom. The molecule has 0 heterocycles. The lowest BCUT2D eigenvalue weighted by atomic mass is 10.0. The van der Waals surface area contributed by atoms with Gasteiger partial charge in [0.1, 0.15) is 5.75 Å². The first kappa shape index (κ1) is 17.6. The van der Waals surface area contributed by atoms with E-state index in [9.17, 15) is 4.79 Å². The van der Waals surface area contributed by atoms with Crippen LogP contribution in [0.1, 0.15) is 24.2 Å². The summed E-state index contributed by atoms with van der Waals surface area (Å²) in [5, 5.41) is 5.05. The van der Waals surface area contributed by atoms with E-state index in [1.54, 1.807) is 13.2 Å². The fourth-order valence-corrected chi connectivity index (χ4v) is 2.95. The molecule has 2 aromatic rings. The Kier molecular flexibility index (Phi) is 6.25. The van der Waals surface area contributed by atoms with Gasteiger partial charge in [0.2, 0.25) is 0 Å². The van der Waals surface area contributed by atoms with E-state index < -0.39 is 0 Å². The van der Waals surface area contributed by atoms with Crippen molar-refractivity contribution in [3.05, 3.63) is 40.9 Å². The number of amides is 1. The number of rotatable bonds is 7. The summed E-state index contributed by atoms with van der Waals surface area (Å²) in [5.74, 6) is 0.520. The van der Waals surface area contributed by atoms with Crippen LogP contribution in [0.15, 0.2) is 30.3 Å². The molecule has 0 radical (unpaired) electrons. The summed E-state index contributed by atoms with van der Waals surface area (Å²) < 4.78 is 5.36. The number of ether oxygens (including phenoxy) is 1. The van der Waals surface area contributed by atoms with Gasteiger partial charge in [-0.15, -0.1) is 0 Å². The monoisotopic (exact) mass is 334 g/mol. The Bertz CT molecular complexity index is 684. The van der Waals surface area contributed by atoms with Gasteiger partial charge in [-0.3, -0.25) is 4.79 Å². The number of fused-ring (bicyclic) bond motifs is 1. The number of hydrogen-bond donors (Lipinski definition) is 1. The Labute approximate surface area is 142 Å². The lowest BCUT2D eigenvalue weighted by Crippen LogP contribution is -2.35. The van der Waals surface area contributed by atoms with E-state index in [1.165, 1.54) is 0 Å². The maximum Gasteiger partial charge on any atom is 0.253 e. The quantitative estimate of drug-likeness (QED) is 0.841. The molecule has 0 aliphatic carbocycles. The first-order valence-corrected chi connectivity index (χ1v) is 8.25. The fourth-order valence-electron chi connectivity index (χ4n) is 2.67. The van der Waals surface area contributed by atoms with Crippen molar-refractivity contribution in [3.63, 3.8) is 0 Å². The molecule has 0 bridgehead atoms. The molecular weight excluding hydrogens is 312 g/mol. The van der Waals surface area contributed by atoms with Crippen LogP contribution in [-0.4, -0.2) is 44.1 Å². The first-order valence-electron chi connectivity index (χ1n) is 7.88. The highest BCUT2D eigenvalue weighted by molar-refractivity contribution is 6.36. The number of nitrogens with one attached hydrogen (secondary N) is 1. The molecule has 2 aromatic carbocycles. The molecule has 0 atom stereocenters. The lowest BCUT2D eigenvalue weighted by molar-refractivity contribution is 0.0950. The van der Waals surface area contributed by atoms with Gasteiger partial charge in [-0.25, -0.2) is 0 Å². The lowest BCUT2D eigenvalue weighted by Gasteiger charge is -2.18. The Hall–Kier alpha value is -1.78. The number of hydrogen-bond acceptors (Lipinski definition) is 3. The Morgan fingerprint density at radius 1 is 1.22 bits per heavy atom. The van der Waals surface area contributed by atoms with Gasteiger partial charge in [-0.2, -0.15) is 0 Å². The molecule has 5 heteroatoms. The van der Waals surface area contributed by atoms with Crippen molar-refractivity contribution in [3.8, 4) is 5.75 Å². The molecule has 0 aromatic heterocycles. The van der Waals surface area contributed by atoms with Gasteiger partial charge in [-0.05, 0) is 18.5 Å². The molecule has 1 amide bonds. The second-order valence-electron chi connectivity index (χ2n) is 5.26. The summed E-state index contributed by atoms with van der Waals surface area (Å²) in [6.07, 6.45) is 0. The average Bonchev–Trinajstić information content (AvgIpc) is 2.57. The second kappa shape index (κ2) is 8.18. The highest BCUT2D eigenvalue weighted by Crippen LogP contribution is 2.34. The van der Waals surface area contributed by atoms with Gasteiger partial charge in [0.05, 0.1) is 17.7 Å². The smallest absolute Gasteiger partial charge is 0.253 e. The van der Waals surface area contributed by atoms with Crippen molar-refractivity contribution in [1.82, 2.24) is 10.2 Å². The summed E-state index contributed by atoms with van der Waals surface area (Å²) >= 11 is 6.33. The van der Waals surface area contributed by atoms with Crippen LogP contribution in [-0.2, 0) is 0 Å². The zero-order chi connectivity index (χ0) is 16.8. The molecule has 2 rings (SSSR count). The standard InChI is InChI=1S/C18H23ClN2O2/c1-4-21(5-2)11-10-20-18(22)17-14-9-7-6-8-13(14)16(23-3)12-15(17)19/h6-9,12H,4-5,10-11H2,1-3H3,(H,20,22). The second-order valence-corrected chi connectivity index (χ2v) is 5.67. The molecule has 1 N–H and O–H groups in total. The van der Waals surface area contributed by atoms with Crippen LogP contribution in [0.3, 0.4) is 0 Å². The highest BCUT2D eigenvalue weighted by atomic mass is 35.5. The summed E-state index contributed by atoms with van der Waals surface area (Å²) in [5.41, 5.74) is 0.502. The Balaban J connectivity index is 2.25. The number of likely N-dealkylation sites (N-methyl/N-ethyl adjacent to an activating group) is 1. The third-order valence-electron chi connectivity index (χ3n) is 4.01. The van der Waals surface area contributed by atoms with Crippen molar-refractivity contribution in [2.75, 3.05) is 33.3 Å². The van der Waals surface area contributed by atoms with E-state index in [4.69, 9.17) is 16.3 Å². The minimum Gasteiger partial charge on any atom is -0.496 e. The van der Waals surface area contributed by atoms with E-state index in [0.29, 0.717) is 22.9 Å². The predicted molar refractivity (Wildman–Crippen MR) is 95.6 cm³/mol. The highest BCUT2D eigenvalue weighted by Gasteiger charge is 2.17. The van der Waals surface area contributed by atoms with Crippen LogP contribution in [0.4, 0.5) is 0 Å². The molecule has 0 aliphatic heterocycles.